The van der Waals surface area contributed by atoms with Crippen molar-refractivity contribution in [1.82, 2.24) is 4.72 Å². The summed E-state index contributed by atoms with van der Waals surface area (Å²) in [5.74, 6) is 0. The molecule has 4 nitrogen and oxygen atoms in total. The number of rotatable bonds is 6. The fourth-order valence-electron chi connectivity index (χ4n) is 2.00. The van der Waals surface area contributed by atoms with Gasteiger partial charge in [0.1, 0.15) is 4.90 Å². The molecule has 2 N–H and O–H groups in total. The van der Waals surface area contributed by atoms with Gasteiger partial charge in [-0.3, -0.25) is 0 Å². The molecule has 6 heteroatoms. The maximum Gasteiger partial charge on any atom is 0.242 e. The van der Waals surface area contributed by atoms with E-state index in [0.717, 1.165) is 5.56 Å². The van der Waals surface area contributed by atoms with Crippen molar-refractivity contribution in [3.63, 3.8) is 0 Å². The lowest BCUT2D eigenvalue weighted by Gasteiger charge is -2.08. The van der Waals surface area contributed by atoms with Crippen LogP contribution in [0.15, 0.2) is 40.6 Å². The first-order chi connectivity index (χ1) is 9.54. The lowest BCUT2D eigenvalue weighted by atomic mass is 10.2. The van der Waals surface area contributed by atoms with Crippen LogP contribution in [0.3, 0.4) is 0 Å². The van der Waals surface area contributed by atoms with Crippen LogP contribution in [0.4, 0.5) is 0 Å². The first-order valence-corrected chi connectivity index (χ1v) is 8.62. The summed E-state index contributed by atoms with van der Waals surface area (Å²) in [5.41, 5.74) is 1.76. The first kappa shape index (κ1) is 15.2. The zero-order valence-corrected chi connectivity index (χ0v) is 12.8. The van der Waals surface area contributed by atoms with Crippen LogP contribution in [0, 0.1) is 6.92 Å². The second kappa shape index (κ2) is 6.49. The quantitative estimate of drug-likeness (QED) is 0.858. The third kappa shape index (κ3) is 3.46. The predicted octanol–water partition coefficient (Wildman–Crippen LogP) is 2.07. The summed E-state index contributed by atoms with van der Waals surface area (Å²) < 4.78 is 27.1. The molecule has 0 saturated carbocycles. The van der Waals surface area contributed by atoms with Crippen molar-refractivity contribution in [1.29, 1.82) is 0 Å². The van der Waals surface area contributed by atoms with Gasteiger partial charge in [0.25, 0.3) is 0 Å². The molecular weight excluding hydrogens is 294 g/mol. The number of aliphatic hydroxyl groups is 1. The number of aryl methyl sites for hydroxylation is 1. The van der Waals surface area contributed by atoms with Crippen molar-refractivity contribution < 1.29 is 13.5 Å². The Kier molecular flexibility index (Phi) is 4.93. The van der Waals surface area contributed by atoms with Gasteiger partial charge >= 0.3 is 0 Å². The SMILES string of the molecule is Cc1csc(CO)c1S(=O)(=O)NCCc1ccccc1. The van der Waals surface area contributed by atoms with E-state index in [2.05, 4.69) is 4.72 Å². The van der Waals surface area contributed by atoms with Crippen LogP contribution >= 0.6 is 11.3 Å². The third-order valence-corrected chi connectivity index (χ3v) is 5.86. The monoisotopic (exact) mass is 311 g/mol. The molecule has 1 aromatic heterocycles. The van der Waals surface area contributed by atoms with E-state index >= 15 is 0 Å². The fraction of sp³-hybridized carbons (Fsp3) is 0.286. The Balaban J connectivity index is 2.06. The molecule has 0 saturated heterocycles. The van der Waals surface area contributed by atoms with Gasteiger partial charge in [0.2, 0.25) is 10.0 Å². The molecular formula is C14H17NO3S2. The minimum atomic E-state index is -3.56. The maximum atomic E-state index is 12.3. The van der Waals surface area contributed by atoms with E-state index in [1.807, 2.05) is 30.3 Å². The van der Waals surface area contributed by atoms with Crippen molar-refractivity contribution in [3.05, 3.63) is 51.7 Å². The number of aliphatic hydroxyl groups excluding tert-OH is 1. The highest BCUT2D eigenvalue weighted by atomic mass is 32.2. The van der Waals surface area contributed by atoms with Crippen LogP contribution in [0.5, 0.6) is 0 Å². The smallest absolute Gasteiger partial charge is 0.242 e. The first-order valence-electron chi connectivity index (χ1n) is 6.26. The Bertz CT molecular complexity index is 663. The molecule has 108 valence electrons. The fourth-order valence-corrected chi connectivity index (χ4v) is 4.69. The lowest BCUT2D eigenvalue weighted by Crippen LogP contribution is -2.27. The van der Waals surface area contributed by atoms with Crippen molar-refractivity contribution >= 4 is 21.4 Å². The highest BCUT2D eigenvalue weighted by molar-refractivity contribution is 7.89. The molecule has 2 aromatic rings. The van der Waals surface area contributed by atoms with E-state index in [1.165, 1.54) is 11.3 Å². The molecule has 0 spiro atoms. The van der Waals surface area contributed by atoms with Gasteiger partial charge in [-0.25, -0.2) is 13.1 Å². The normalized spacial score (nSPS) is 11.7. The highest BCUT2D eigenvalue weighted by Gasteiger charge is 2.22. The summed E-state index contributed by atoms with van der Waals surface area (Å²) in [6.45, 7) is 1.82. The molecule has 0 atom stereocenters. The predicted molar refractivity (Wildman–Crippen MR) is 80.3 cm³/mol. The van der Waals surface area contributed by atoms with Gasteiger partial charge in [-0.1, -0.05) is 30.3 Å². The largest absolute Gasteiger partial charge is 0.391 e. The van der Waals surface area contributed by atoms with Crippen LogP contribution in [-0.2, 0) is 23.1 Å². The van der Waals surface area contributed by atoms with E-state index in [0.29, 0.717) is 23.4 Å². The van der Waals surface area contributed by atoms with E-state index in [4.69, 9.17) is 0 Å². The van der Waals surface area contributed by atoms with Crippen molar-refractivity contribution in [2.45, 2.75) is 24.8 Å². The molecule has 0 bridgehead atoms. The number of benzene rings is 1. The highest BCUT2D eigenvalue weighted by Crippen LogP contribution is 2.26. The standard InChI is InChI=1S/C14H17NO3S2/c1-11-10-19-13(9-16)14(11)20(17,18)15-8-7-12-5-3-2-4-6-12/h2-6,10,15-16H,7-9H2,1H3. The minimum absolute atomic E-state index is 0.220. The molecule has 2 rings (SSSR count). The maximum absolute atomic E-state index is 12.3. The zero-order chi connectivity index (χ0) is 14.6. The summed E-state index contributed by atoms with van der Waals surface area (Å²) in [6.07, 6.45) is 0.637. The van der Waals surface area contributed by atoms with E-state index in [1.54, 1.807) is 12.3 Å². The van der Waals surface area contributed by atoms with Crippen LogP contribution < -0.4 is 4.72 Å². The molecule has 0 amide bonds. The summed E-state index contributed by atoms with van der Waals surface area (Å²) in [5, 5.41) is 11.0. The molecule has 0 radical (unpaired) electrons. The molecule has 1 heterocycles. The summed E-state index contributed by atoms with van der Waals surface area (Å²) in [6, 6.07) is 9.70. The van der Waals surface area contributed by atoms with Gasteiger partial charge in [0, 0.05) is 6.54 Å². The Hall–Kier alpha value is -1.21. The topological polar surface area (TPSA) is 66.4 Å². The number of sulfonamides is 1. The summed E-state index contributed by atoms with van der Waals surface area (Å²) in [7, 11) is -3.56. The lowest BCUT2D eigenvalue weighted by molar-refractivity contribution is 0.282. The van der Waals surface area contributed by atoms with Gasteiger partial charge in [0.15, 0.2) is 0 Å². The van der Waals surface area contributed by atoms with Crippen LogP contribution in [-0.4, -0.2) is 20.1 Å². The Labute approximate surface area is 123 Å². The minimum Gasteiger partial charge on any atom is -0.391 e. The van der Waals surface area contributed by atoms with E-state index < -0.39 is 10.0 Å². The van der Waals surface area contributed by atoms with Gasteiger partial charge in [-0.05, 0) is 29.9 Å². The van der Waals surface area contributed by atoms with Crippen molar-refractivity contribution in [2.75, 3.05) is 6.54 Å². The Morgan fingerprint density at radius 2 is 1.95 bits per heavy atom. The average Bonchev–Trinajstić information content (AvgIpc) is 2.81. The molecule has 0 fully saturated rings. The number of thiophene rings is 1. The molecule has 0 aliphatic rings. The van der Waals surface area contributed by atoms with Gasteiger partial charge < -0.3 is 5.11 Å². The van der Waals surface area contributed by atoms with Crippen LogP contribution in [0.2, 0.25) is 0 Å². The van der Waals surface area contributed by atoms with Gasteiger partial charge in [-0.2, -0.15) is 0 Å². The molecule has 0 aliphatic carbocycles. The van der Waals surface area contributed by atoms with Crippen LogP contribution in [0.1, 0.15) is 16.0 Å². The van der Waals surface area contributed by atoms with E-state index in [-0.39, 0.29) is 11.5 Å². The van der Waals surface area contributed by atoms with Gasteiger partial charge in [0.05, 0.1) is 11.5 Å². The third-order valence-electron chi connectivity index (χ3n) is 2.95. The van der Waals surface area contributed by atoms with Crippen LogP contribution in [0.25, 0.3) is 0 Å². The van der Waals surface area contributed by atoms with Gasteiger partial charge in [-0.15, -0.1) is 11.3 Å². The Morgan fingerprint density at radius 1 is 1.25 bits per heavy atom. The van der Waals surface area contributed by atoms with E-state index in [9.17, 15) is 13.5 Å². The molecule has 1 aromatic carbocycles. The summed E-state index contributed by atoms with van der Waals surface area (Å²) >= 11 is 1.26. The number of hydrogen-bond acceptors (Lipinski definition) is 4. The molecule has 0 unspecified atom stereocenters. The number of nitrogens with one attached hydrogen (secondary N) is 1. The van der Waals surface area contributed by atoms with Crippen molar-refractivity contribution in [2.24, 2.45) is 0 Å². The number of hydrogen-bond donors (Lipinski definition) is 2. The second-order valence-corrected chi connectivity index (χ2v) is 7.13. The van der Waals surface area contributed by atoms with Crippen molar-refractivity contribution in [3.8, 4) is 0 Å². The zero-order valence-electron chi connectivity index (χ0n) is 11.2. The second-order valence-electron chi connectivity index (χ2n) is 4.46. The molecule has 20 heavy (non-hydrogen) atoms. The Morgan fingerprint density at radius 3 is 2.60 bits per heavy atom. The molecule has 0 aliphatic heterocycles. The summed E-state index contributed by atoms with van der Waals surface area (Å²) in [4.78, 5) is 0.702. The average molecular weight is 311 g/mol.